The minimum absolute atomic E-state index is 0.0491. The van der Waals surface area contributed by atoms with Gasteiger partial charge in [0.1, 0.15) is 17.2 Å². The molecule has 2 heterocycles. The third-order valence-electron chi connectivity index (χ3n) is 6.39. The molecule has 1 unspecified atom stereocenters. The monoisotopic (exact) mass is 417 g/mol. The van der Waals surface area contributed by atoms with Gasteiger partial charge in [-0.25, -0.2) is 0 Å². The highest BCUT2D eigenvalue weighted by atomic mass is 16.5. The van der Waals surface area contributed by atoms with Crippen LogP contribution in [0.4, 0.5) is 0 Å². The van der Waals surface area contributed by atoms with Crippen LogP contribution < -0.4 is 9.47 Å². The van der Waals surface area contributed by atoms with Gasteiger partial charge >= 0.3 is 0 Å². The summed E-state index contributed by atoms with van der Waals surface area (Å²) in [6.07, 6.45) is 4.44. The Hall–Kier alpha value is -3.28. The normalized spacial score (nSPS) is 18.5. The molecule has 2 aromatic carbocycles. The fourth-order valence-electron chi connectivity index (χ4n) is 4.93. The average Bonchev–Trinajstić information content (AvgIpc) is 3.53. The molecular formula is C25H27N3O3. The zero-order valence-corrected chi connectivity index (χ0v) is 17.9. The number of aromatic nitrogens is 2. The first-order valence-corrected chi connectivity index (χ1v) is 11.0. The standard InChI is InChI=1S/C25H27N3O3/c1-3-31-20-14-10-17(11-15-20)24-21-22(16-8-12-19(30-2)13-9-16)26-27-23(21)25(29)28(24)18-6-4-5-7-18/h8-15,18,24H,3-7H2,1-2H3,(H,26,27). The molecule has 2 aliphatic rings. The second-order valence-electron chi connectivity index (χ2n) is 8.14. The number of hydrogen-bond acceptors (Lipinski definition) is 4. The average molecular weight is 418 g/mol. The highest BCUT2D eigenvalue weighted by molar-refractivity contribution is 6.00. The first-order chi connectivity index (χ1) is 15.2. The molecule has 1 N–H and O–H groups in total. The van der Waals surface area contributed by atoms with Gasteiger partial charge in [0.2, 0.25) is 0 Å². The van der Waals surface area contributed by atoms with Crippen LogP contribution in [-0.2, 0) is 0 Å². The molecule has 1 fully saturated rings. The van der Waals surface area contributed by atoms with E-state index >= 15 is 0 Å². The summed E-state index contributed by atoms with van der Waals surface area (Å²) < 4.78 is 10.9. The summed E-state index contributed by atoms with van der Waals surface area (Å²) in [5.41, 5.74) is 4.45. The van der Waals surface area contributed by atoms with Crippen molar-refractivity contribution < 1.29 is 14.3 Å². The molecule has 1 aromatic heterocycles. The van der Waals surface area contributed by atoms with Crippen LogP contribution >= 0.6 is 0 Å². The van der Waals surface area contributed by atoms with Crippen molar-refractivity contribution in [1.82, 2.24) is 15.1 Å². The van der Waals surface area contributed by atoms with Gasteiger partial charge in [0.15, 0.2) is 0 Å². The van der Waals surface area contributed by atoms with Crippen LogP contribution in [0.3, 0.4) is 0 Å². The lowest BCUT2D eigenvalue weighted by Gasteiger charge is -2.32. The Morgan fingerprint density at radius 3 is 2.35 bits per heavy atom. The molecule has 3 aromatic rings. The van der Waals surface area contributed by atoms with Crippen molar-refractivity contribution in [2.45, 2.75) is 44.7 Å². The summed E-state index contributed by atoms with van der Waals surface area (Å²) in [4.78, 5) is 15.6. The molecule has 6 heteroatoms. The van der Waals surface area contributed by atoms with Gasteiger partial charge in [-0.05, 0) is 61.7 Å². The van der Waals surface area contributed by atoms with E-state index in [1.165, 1.54) is 12.8 Å². The summed E-state index contributed by atoms with van der Waals surface area (Å²) in [5, 5.41) is 7.61. The van der Waals surface area contributed by atoms with Gasteiger partial charge in [0.05, 0.1) is 25.5 Å². The second kappa shape index (κ2) is 8.10. The number of aromatic amines is 1. The number of ether oxygens (including phenoxy) is 2. The molecule has 5 rings (SSSR count). The van der Waals surface area contributed by atoms with Gasteiger partial charge in [0, 0.05) is 17.2 Å². The van der Waals surface area contributed by atoms with Crippen molar-refractivity contribution in [3.63, 3.8) is 0 Å². The molecule has 1 saturated carbocycles. The molecule has 1 atom stereocenters. The lowest BCUT2D eigenvalue weighted by Crippen LogP contribution is -2.37. The topological polar surface area (TPSA) is 67.5 Å². The van der Waals surface area contributed by atoms with Gasteiger partial charge in [-0.3, -0.25) is 9.89 Å². The fraction of sp³-hybridized carbons (Fsp3) is 0.360. The molecule has 31 heavy (non-hydrogen) atoms. The Kier molecular flexibility index (Phi) is 5.14. The first kappa shape index (κ1) is 19.7. The van der Waals surface area contributed by atoms with Gasteiger partial charge in [-0.1, -0.05) is 25.0 Å². The first-order valence-electron chi connectivity index (χ1n) is 11.0. The zero-order valence-electron chi connectivity index (χ0n) is 17.9. The number of nitrogens with one attached hydrogen (secondary N) is 1. The summed E-state index contributed by atoms with van der Waals surface area (Å²) in [7, 11) is 1.65. The maximum atomic E-state index is 13.5. The third kappa shape index (κ3) is 3.36. The smallest absolute Gasteiger partial charge is 0.273 e. The van der Waals surface area contributed by atoms with Crippen LogP contribution in [0.1, 0.15) is 60.3 Å². The maximum absolute atomic E-state index is 13.5. The zero-order chi connectivity index (χ0) is 21.4. The Morgan fingerprint density at radius 2 is 1.71 bits per heavy atom. The van der Waals surface area contributed by atoms with Gasteiger partial charge in [-0.15, -0.1) is 0 Å². The molecule has 0 bridgehead atoms. The summed E-state index contributed by atoms with van der Waals surface area (Å²) in [6.45, 7) is 2.60. The van der Waals surface area contributed by atoms with Crippen molar-refractivity contribution in [1.29, 1.82) is 0 Å². The summed E-state index contributed by atoms with van der Waals surface area (Å²) in [6, 6.07) is 16.1. The highest BCUT2D eigenvalue weighted by Crippen LogP contribution is 2.46. The molecule has 1 aliphatic heterocycles. The molecule has 1 aliphatic carbocycles. The van der Waals surface area contributed by atoms with E-state index in [1.54, 1.807) is 7.11 Å². The maximum Gasteiger partial charge on any atom is 0.273 e. The molecule has 0 spiro atoms. The van der Waals surface area contributed by atoms with Crippen LogP contribution in [-0.4, -0.2) is 40.8 Å². The Morgan fingerprint density at radius 1 is 1.03 bits per heavy atom. The van der Waals surface area contributed by atoms with E-state index in [2.05, 4.69) is 27.2 Å². The third-order valence-corrected chi connectivity index (χ3v) is 6.39. The van der Waals surface area contributed by atoms with Crippen LogP contribution in [0, 0.1) is 0 Å². The van der Waals surface area contributed by atoms with Crippen molar-refractivity contribution in [2.24, 2.45) is 0 Å². The van der Waals surface area contributed by atoms with Crippen molar-refractivity contribution in [3.05, 3.63) is 65.4 Å². The Balaban J connectivity index is 1.61. The number of H-pyrrole nitrogens is 1. The minimum Gasteiger partial charge on any atom is -0.497 e. The summed E-state index contributed by atoms with van der Waals surface area (Å²) >= 11 is 0. The highest BCUT2D eigenvalue weighted by Gasteiger charge is 2.45. The number of hydrogen-bond donors (Lipinski definition) is 1. The van der Waals surface area contributed by atoms with E-state index in [-0.39, 0.29) is 18.0 Å². The predicted octanol–water partition coefficient (Wildman–Crippen LogP) is 4.97. The Bertz CT molecular complexity index is 1070. The van der Waals surface area contributed by atoms with E-state index in [0.717, 1.165) is 46.7 Å². The Labute approximate surface area is 182 Å². The largest absolute Gasteiger partial charge is 0.497 e. The van der Waals surface area contributed by atoms with Gasteiger partial charge < -0.3 is 14.4 Å². The molecule has 6 nitrogen and oxygen atoms in total. The summed E-state index contributed by atoms with van der Waals surface area (Å²) in [5.74, 6) is 1.68. The number of amides is 1. The van der Waals surface area contributed by atoms with Crippen LogP contribution in [0.25, 0.3) is 11.3 Å². The van der Waals surface area contributed by atoms with E-state index in [1.807, 2.05) is 43.3 Å². The van der Waals surface area contributed by atoms with Crippen molar-refractivity contribution in [3.8, 4) is 22.8 Å². The number of methoxy groups -OCH3 is 1. The molecule has 0 saturated heterocycles. The van der Waals surface area contributed by atoms with Crippen LogP contribution in [0.2, 0.25) is 0 Å². The second-order valence-corrected chi connectivity index (χ2v) is 8.14. The lowest BCUT2D eigenvalue weighted by molar-refractivity contribution is 0.0660. The van der Waals surface area contributed by atoms with Crippen LogP contribution in [0.15, 0.2) is 48.5 Å². The fourth-order valence-corrected chi connectivity index (χ4v) is 4.93. The minimum atomic E-state index is -0.155. The SMILES string of the molecule is CCOc1ccc(C2c3c(-c4ccc(OC)cc4)n[nH]c3C(=O)N2C2CCCC2)cc1. The number of fused-ring (bicyclic) bond motifs is 1. The number of benzene rings is 2. The lowest BCUT2D eigenvalue weighted by atomic mass is 9.95. The molecule has 160 valence electrons. The van der Waals surface area contributed by atoms with Gasteiger partial charge in [-0.2, -0.15) is 5.10 Å². The van der Waals surface area contributed by atoms with E-state index < -0.39 is 0 Å². The number of rotatable bonds is 6. The predicted molar refractivity (Wildman–Crippen MR) is 118 cm³/mol. The van der Waals surface area contributed by atoms with Crippen LogP contribution in [0.5, 0.6) is 11.5 Å². The van der Waals surface area contributed by atoms with E-state index in [4.69, 9.17) is 9.47 Å². The number of carbonyl (C=O) groups is 1. The number of carbonyl (C=O) groups excluding carboxylic acids is 1. The quantitative estimate of drug-likeness (QED) is 0.615. The molecule has 1 amide bonds. The molecular weight excluding hydrogens is 390 g/mol. The molecule has 0 radical (unpaired) electrons. The van der Waals surface area contributed by atoms with Crippen molar-refractivity contribution in [2.75, 3.05) is 13.7 Å². The van der Waals surface area contributed by atoms with E-state index in [9.17, 15) is 4.79 Å². The number of nitrogens with zero attached hydrogens (tertiary/aromatic N) is 2. The van der Waals surface area contributed by atoms with Crippen molar-refractivity contribution >= 4 is 5.91 Å². The van der Waals surface area contributed by atoms with Gasteiger partial charge in [0.25, 0.3) is 5.91 Å². The van der Waals surface area contributed by atoms with E-state index in [0.29, 0.717) is 12.3 Å².